The summed E-state index contributed by atoms with van der Waals surface area (Å²) in [6.07, 6.45) is 4.63. The second-order valence-electron chi connectivity index (χ2n) is 3.20. The van der Waals surface area contributed by atoms with E-state index < -0.39 is 5.97 Å². The molecule has 3 N–H and O–H groups in total. The summed E-state index contributed by atoms with van der Waals surface area (Å²) in [5.41, 5.74) is 5.44. The quantitative estimate of drug-likeness (QED) is 0.575. The van der Waals surface area contributed by atoms with Crippen LogP contribution in [0, 0.1) is 5.92 Å². The number of rotatable bonds is 7. The predicted octanol–water partition coefficient (Wildman–Crippen LogP) is 1.62. The zero-order valence-electron chi connectivity index (χ0n) is 7.75. The Hall–Kier alpha value is -0.570. The highest BCUT2D eigenvalue weighted by Crippen LogP contribution is 2.12. The molecule has 72 valence electrons. The third-order valence-corrected chi connectivity index (χ3v) is 2.01. The minimum atomic E-state index is -0.734. The van der Waals surface area contributed by atoms with Gasteiger partial charge in [-0.25, -0.2) is 0 Å². The molecule has 0 saturated carbocycles. The first-order valence-corrected chi connectivity index (χ1v) is 4.62. The van der Waals surface area contributed by atoms with E-state index in [-0.39, 0.29) is 12.3 Å². The molecule has 0 saturated heterocycles. The van der Waals surface area contributed by atoms with Crippen molar-refractivity contribution >= 4 is 5.97 Å². The molecule has 0 amide bonds. The summed E-state index contributed by atoms with van der Waals surface area (Å²) in [6, 6.07) is 0. The highest BCUT2D eigenvalue weighted by atomic mass is 16.4. The Balaban J connectivity index is 3.46. The van der Waals surface area contributed by atoms with Crippen LogP contribution in [0.1, 0.15) is 39.0 Å². The summed E-state index contributed by atoms with van der Waals surface area (Å²) in [6.45, 7) is 2.63. The van der Waals surface area contributed by atoms with Crippen LogP contribution in [-0.2, 0) is 4.79 Å². The van der Waals surface area contributed by atoms with Gasteiger partial charge in [-0.2, -0.15) is 0 Å². The SMILES string of the molecule is CCCCC[C@H](CN)CC(=O)O. The summed E-state index contributed by atoms with van der Waals surface area (Å²) < 4.78 is 0. The largest absolute Gasteiger partial charge is 0.481 e. The Labute approximate surface area is 74.0 Å². The molecule has 0 spiro atoms. The molecule has 0 radical (unpaired) electrons. The number of carboxylic acids is 1. The molecule has 3 heteroatoms. The molecule has 12 heavy (non-hydrogen) atoms. The second-order valence-corrected chi connectivity index (χ2v) is 3.20. The van der Waals surface area contributed by atoms with E-state index in [1.165, 1.54) is 12.8 Å². The molecule has 0 bridgehead atoms. The van der Waals surface area contributed by atoms with Crippen molar-refractivity contribution < 1.29 is 9.90 Å². The average molecular weight is 173 g/mol. The molecule has 0 unspecified atom stereocenters. The molecule has 3 nitrogen and oxygen atoms in total. The van der Waals surface area contributed by atoms with Crippen molar-refractivity contribution in [1.82, 2.24) is 0 Å². The fourth-order valence-electron chi connectivity index (χ4n) is 1.23. The van der Waals surface area contributed by atoms with E-state index in [9.17, 15) is 4.79 Å². The Morgan fingerprint density at radius 1 is 1.50 bits per heavy atom. The van der Waals surface area contributed by atoms with E-state index in [0.717, 1.165) is 12.8 Å². The van der Waals surface area contributed by atoms with Crippen LogP contribution in [0.2, 0.25) is 0 Å². The molecular weight excluding hydrogens is 154 g/mol. The fourth-order valence-corrected chi connectivity index (χ4v) is 1.23. The fraction of sp³-hybridized carbons (Fsp3) is 0.889. The molecule has 0 aromatic rings. The Morgan fingerprint density at radius 2 is 2.17 bits per heavy atom. The summed E-state index contributed by atoms with van der Waals surface area (Å²) in [5, 5.41) is 8.52. The first kappa shape index (κ1) is 11.4. The molecule has 0 aromatic carbocycles. The van der Waals surface area contributed by atoms with E-state index in [2.05, 4.69) is 6.92 Å². The van der Waals surface area contributed by atoms with Gasteiger partial charge in [-0.3, -0.25) is 4.79 Å². The van der Waals surface area contributed by atoms with Gasteiger partial charge in [-0.15, -0.1) is 0 Å². The second kappa shape index (κ2) is 7.10. The van der Waals surface area contributed by atoms with Crippen molar-refractivity contribution in [2.45, 2.75) is 39.0 Å². The monoisotopic (exact) mass is 173 g/mol. The van der Waals surface area contributed by atoms with E-state index >= 15 is 0 Å². The van der Waals surface area contributed by atoms with E-state index in [1.54, 1.807) is 0 Å². The molecule has 0 aliphatic heterocycles. The molecule has 0 aromatic heterocycles. The van der Waals surface area contributed by atoms with Gasteiger partial charge in [0.15, 0.2) is 0 Å². The van der Waals surface area contributed by atoms with Crippen molar-refractivity contribution in [3.8, 4) is 0 Å². The molecule has 0 fully saturated rings. The molecule has 0 aliphatic rings. The topological polar surface area (TPSA) is 63.3 Å². The maximum atomic E-state index is 10.3. The summed E-state index contributed by atoms with van der Waals surface area (Å²) in [7, 11) is 0. The third-order valence-electron chi connectivity index (χ3n) is 2.01. The summed E-state index contributed by atoms with van der Waals surface area (Å²) >= 11 is 0. The Bertz CT molecular complexity index is 126. The lowest BCUT2D eigenvalue weighted by molar-refractivity contribution is -0.138. The van der Waals surface area contributed by atoms with Crippen molar-refractivity contribution in [2.75, 3.05) is 6.54 Å². The lowest BCUT2D eigenvalue weighted by Crippen LogP contribution is -2.17. The molecule has 1 atom stereocenters. The van der Waals surface area contributed by atoms with Crippen molar-refractivity contribution in [2.24, 2.45) is 11.7 Å². The molecular formula is C9H19NO2. The van der Waals surface area contributed by atoms with Crippen LogP contribution in [-0.4, -0.2) is 17.6 Å². The van der Waals surface area contributed by atoms with Crippen LogP contribution in [0.4, 0.5) is 0 Å². The molecule has 0 rings (SSSR count). The number of aliphatic carboxylic acids is 1. The van der Waals surface area contributed by atoms with Crippen molar-refractivity contribution in [3.63, 3.8) is 0 Å². The number of carboxylic acid groups (broad SMARTS) is 1. The van der Waals surface area contributed by atoms with Crippen LogP contribution in [0.3, 0.4) is 0 Å². The van der Waals surface area contributed by atoms with Crippen LogP contribution < -0.4 is 5.73 Å². The van der Waals surface area contributed by atoms with Crippen LogP contribution in [0.5, 0.6) is 0 Å². The number of hydrogen-bond acceptors (Lipinski definition) is 2. The zero-order valence-corrected chi connectivity index (χ0v) is 7.75. The van der Waals surface area contributed by atoms with Gasteiger partial charge >= 0.3 is 5.97 Å². The standard InChI is InChI=1S/C9H19NO2/c1-2-3-4-5-8(7-10)6-9(11)12/h8H,2-7,10H2,1H3,(H,11,12)/t8-/m0/s1. The van der Waals surface area contributed by atoms with Gasteiger partial charge in [0.2, 0.25) is 0 Å². The van der Waals surface area contributed by atoms with Crippen LogP contribution >= 0.6 is 0 Å². The van der Waals surface area contributed by atoms with E-state index in [0.29, 0.717) is 6.54 Å². The Kier molecular flexibility index (Phi) is 6.76. The highest BCUT2D eigenvalue weighted by Gasteiger charge is 2.10. The summed E-state index contributed by atoms with van der Waals surface area (Å²) in [4.78, 5) is 10.3. The third kappa shape index (κ3) is 6.16. The highest BCUT2D eigenvalue weighted by molar-refractivity contribution is 5.67. The zero-order chi connectivity index (χ0) is 9.40. The van der Waals surface area contributed by atoms with Gasteiger partial charge in [-0.1, -0.05) is 26.2 Å². The van der Waals surface area contributed by atoms with Crippen molar-refractivity contribution in [1.29, 1.82) is 0 Å². The minimum absolute atomic E-state index is 0.175. The lowest BCUT2D eigenvalue weighted by Gasteiger charge is -2.10. The Morgan fingerprint density at radius 3 is 2.58 bits per heavy atom. The number of carbonyl (C=O) groups is 1. The first-order chi connectivity index (χ1) is 5.70. The van der Waals surface area contributed by atoms with Gasteiger partial charge in [0, 0.05) is 6.42 Å². The van der Waals surface area contributed by atoms with Crippen LogP contribution in [0.25, 0.3) is 0 Å². The normalized spacial score (nSPS) is 12.8. The maximum Gasteiger partial charge on any atom is 0.303 e. The van der Waals surface area contributed by atoms with Gasteiger partial charge < -0.3 is 10.8 Å². The number of nitrogens with two attached hydrogens (primary N) is 1. The number of hydrogen-bond donors (Lipinski definition) is 2. The first-order valence-electron chi connectivity index (χ1n) is 4.62. The van der Waals surface area contributed by atoms with Crippen molar-refractivity contribution in [3.05, 3.63) is 0 Å². The van der Waals surface area contributed by atoms with Gasteiger partial charge in [0.05, 0.1) is 0 Å². The number of unbranched alkanes of at least 4 members (excludes halogenated alkanes) is 2. The van der Waals surface area contributed by atoms with Gasteiger partial charge in [-0.05, 0) is 18.9 Å². The molecule has 0 aliphatic carbocycles. The predicted molar refractivity (Wildman–Crippen MR) is 48.9 cm³/mol. The van der Waals surface area contributed by atoms with E-state index in [1.807, 2.05) is 0 Å². The smallest absolute Gasteiger partial charge is 0.303 e. The van der Waals surface area contributed by atoms with Crippen LogP contribution in [0.15, 0.2) is 0 Å². The average Bonchev–Trinajstić information content (AvgIpc) is 2.02. The van der Waals surface area contributed by atoms with Gasteiger partial charge in [0.1, 0.15) is 0 Å². The minimum Gasteiger partial charge on any atom is -0.481 e. The molecule has 0 heterocycles. The lowest BCUT2D eigenvalue weighted by atomic mass is 9.98. The van der Waals surface area contributed by atoms with E-state index in [4.69, 9.17) is 10.8 Å². The maximum absolute atomic E-state index is 10.3. The van der Waals surface area contributed by atoms with Gasteiger partial charge in [0.25, 0.3) is 0 Å². The summed E-state index contributed by atoms with van der Waals surface area (Å²) in [5.74, 6) is -0.559.